The standard InChI is InChI=1S/C14H19NO3S/c1-5-7-8-11(16)15-13-12(14(17)18-6-2)9(3)10(4)19-13/h5H,1,6-8H2,2-4H3,(H,15,16). The smallest absolute Gasteiger partial charge is 0.341 e. The lowest BCUT2D eigenvalue weighted by Crippen LogP contribution is -2.14. The minimum absolute atomic E-state index is 0.119. The summed E-state index contributed by atoms with van der Waals surface area (Å²) >= 11 is 1.40. The summed E-state index contributed by atoms with van der Waals surface area (Å²) in [6, 6.07) is 0. The van der Waals surface area contributed by atoms with E-state index in [1.54, 1.807) is 13.0 Å². The lowest BCUT2D eigenvalue weighted by atomic mass is 10.1. The molecule has 0 spiro atoms. The van der Waals surface area contributed by atoms with E-state index in [-0.39, 0.29) is 11.9 Å². The van der Waals surface area contributed by atoms with Crippen LogP contribution < -0.4 is 5.32 Å². The first-order chi connectivity index (χ1) is 9.01. The van der Waals surface area contributed by atoms with Crippen LogP contribution in [0.3, 0.4) is 0 Å². The van der Waals surface area contributed by atoms with Crippen molar-refractivity contribution >= 4 is 28.2 Å². The molecular weight excluding hydrogens is 262 g/mol. The van der Waals surface area contributed by atoms with Gasteiger partial charge in [-0.15, -0.1) is 17.9 Å². The maximum Gasteiger partial charge on any atom is 0.341 e. The second kappa shape index (κ2) is 7.09. The van der Waals surface area contributed by atoms with Crippen LogP contribution in [0.5, 0.6) is 0 Å². The fourth-order valence-corrected chi connectivity index (χ4v) is 2.65. The first-order valence-electron chi connectivity index (χ1n) is 6.19. The van der Waals surface area contributed by atoms with Gasteiger partial charge in [0.2, 0.25) is 5.91 Å². The number of nitrogens with one attached hydrogen (secondary N) is 1. The van der Waals surface area contributed by atoms with Gasteiger partial charge in [0.1, 0.15) is 5.00 Å². The van der Waals surface area contributed by atoms with Crippen molar-refractivity contribution in [3.8, 4) is 0 Å². The van der Waals surface area contributed by atoms with Crippen molar-refractivity contribution in [2.45, 2.75) is 33.6 Å². The van der Waals surface area contributed by atoms with Crippen LogP contribution in [0.25, 0.3) is 0 Å². The Bertz CT molecular complexity index is 491. The molecule has 0 aliphatic rings. The van der Waals surface area contributed by atoms with Gasteiger partial charge in [-0.2, -0.15) is 0 Å². The Morgan fingerprint density at radius 3 is 2.68 bits per heavy atom. The second-order valence-corrected chi connectivity index (χ2v) is 5.31. The number of thiophene rings is 1. The normalized spacial score (nSPS) is 10.1. The third-order valence-corrected chi connectivity index (χ3v) is 3.82. The lowest BCUT2D eigenvalue weighted by molar-refractivity contribution is -0.116. The summed E-state index contributed by atoms with van der Waals surface area (Å²) in [5, 5.41) is 3.35. The summed E-state index contributed by atoms with van der Waals surface area (Å²) in [4.78, 5) is 24.6. The average Bonchev–Trinajstić information content (AvgIpc) is 2.62. The number of esters is 1. The van der Waals surface area contributed by atoms with Crippen LogP contribution in [0.1, 0.15) is 40.6 Å². The molecule has 1 aromatic rings. The molecule has 5 heteroatoms. The molecule has 1 heterocycles. The quantitative estimate of drug-likeness (QED) is 0.642. The Morgan fingerprint density at radius 1 is 1.42 bits per heavy atom. The van der Waals surface area contributed by atoms with Gasteiger partial charge in [-0.25, -0.2) is 4.79 Å². The molecule has 0 atom stereocenters. The van der Waals surface area contributed by atoms with Crippen molar-refractivity contribution in [2.75, 3.05) is 11.9 Å². The number of hydrogen-bond donors (Lipinski definition) is 1. The molecule has 0 unspecified atom stereocenters. The second-order valence-electron chi connectivity index (χ2n) is 4.08. The van der Waals surface area contributed by atoms with E-state index in [4.69, 9.17) is 4.74 Å². The summed E-state index contributed by atoms with van der Waals surface area (Å²) in [5.74, 6) is -0.505. The zero-order valence-corrected chi connectivity index (χ0v) is 12.4. The van der Waals surface area contributed by atoms with E-state index in [1.807, 2.05) is 13.8 Å². The Kier molecular flexibility index (Phi) is 5.76. The number of anilines is 1. The third kappa shape index (κ3) is 3.92. The van der Waals surface area contributed by atoms with Crippen LogP contribution in [-0.2, 0) is 9.53 Å². The number of carbonyl (C=O) groups is 2. The first kappa shape index (κ1) is 15.4. The molecule has 104 valence electrons. The molecule has 0 radical (unpaired) electrons. The Balaban J connectivity index is 2.94. The van der Waals surface area contributed by atoms with Crippen molar-refractivity contribution in [1.82, 2.24) is 0 Å². The van der Waals surface area contributed by atoms with Gasteiger partial charge in [-0.05, 0) is 32.8 Å². The highest BCUT2D eigenvalue weighted by Gasteiger charge is 2.21. The van der Waals surface area contributed by atoms with Crippen molar-refractivity contribution in [1.29, 1.82) is 0 Å². The number of allylic oxidation sites excluding steroid dienone is 1. The monoisotopic (exact) mass is 281 g/mol. The summed E-state index contributed by atoms with van der Waals surface area (Å²) in [6.45, 7) is 9.43. The average molecular weight is 281 g/mol. The Morgan fingerprint density at radius 2 is 2.11 bits per heavy atom. The van der Waals surface area contributed by atoms with Gasteiger partial charge in [-0.1, -0.05) is 6.08 Å². The molecule has 1 N–H and O–H groups in total. The highest BCUT2D eigenvalue weighted by molar-refractivity contribution is 7.16. The molecular formula is C14H19NO3S. The van der Waals surface area contributed by atoms with Crippen molar-refractivity contribution in [3.63, 3.8) is 0 Å². The van der Waals surface area contributed by atoms with Crippen molar-refractivity contribution in [2.24, 2.45) is 0 Å². The van der Waals surface area contributed by atoms with Crippen LogP contribution in [0.2, 0.25) is 0 Å². The van der Waals surface area contributed by atoms with Crippen LogP contribution in [0.15, 0.2) is 12.7 Å². The summed E-state index contributed by atoms with van der Waals surface area (Å²) in [7, 11) is 0. The van der Waals surface area contributed by atoms with Crippen molar-refractivity contribution in [3.05, 3.63) is 28.7 Å². The van der Waals surface area contributed by atoms with Crippen LogP contribution in [0.4, 0.5) is 5.00 Å². The summed E-state index contributed by atoms with van der Waals surface area (Å²) < 4.78 is 5.03. The fourth-order valence-electron chi connectivity index (χ4n) is 1.59. The molecule has 0 aliphatic heterocycles. The van der Waals surface area contributed by atoms with Gasteiger partial charge in [0.15, 0.2) is 0 Å². The highest BCUT2D eigenvalue weighted by Crippen LogP contribution is 2.33. The fraction of sp³-hybridized carbons (Fsp3) is 0.429. The largest absolute Gasteiger partial charge is 0.462 e. The van der Waals surface area contributed by atoms with E-state index in [0.29, 0.717) is 30.0 Å². The maximum atomic E-state index is 11.9. The van der Waals surface area contributed by atoms with Gasteiger partial charge in [0.05, 0.1) is 12.2 Å². The topological polar surface area (TPSA) is 55.4 Å². The van der Waals surface area contributed by atoms with E-state index in [0.717, 1.165) is 10.4 Å². The van der Waals surface area contributed by atoms with Gasteiger partial charge < -0.3 is 10.1 Å². The molecule has 0 aliphatic carbocycles. The molecule has 0 saturated carbocycles. The Hall–Kier alpha value is -1.62. The van der Waals surface area contributed by atoms with E-state index >= 15 is 0 Å². The van der Waals surface area contributed by atoms with Crippen molar-refractivity contribution < 1.29 is 14.3 Å². The zero-order chi connectivity index (χ0) is 14.4. The summed E-state index contributed by atoms with van der Waals surface area (Å²) in [5.41, 5.74) is 1.33. The first-order valence-corrected chi connectivity index (χ1v) is 7.00. The molecule has 0 bridgehead atoms. The van der Waals surface area contributed by atoms with Gasteiger partial charge in [-0.3, -0.25) is 4.79 Å². The van der Waals surface area contributed by atoms with Gasteiger partial charge in [0.25, 0.3) is 0 Å². The molecule has 19 heavy (non-hydrogen) atoms. The van der Waals surface area contributed by atoms with Crippen LogP contribution in [0, 0.1) is 13.8 Å². The van der Waals surface area contributed by atoms with E-state index in [1.165, 1.54) is 11.3 Å². The SMILES string of the molecule is C=CCCC(=O)Nc1sc(C)c(C)c1C(=O)OCC. The predicted octanol–water partition coefficient (Wildman–Crippen LogP) is 3.45. The Labute approximate surface area is 117 Å². The molecule has 1 amide bonds. The number of carbonyl (C=O) groups excluding carboxylic acids is 2. The number of hydrogen-bond acceptors (Lipinski definition) is 4. The zero-order valence-electron chi connectivity index (χ0n) is 11.5. The maximum absolute atomic E-state index is 11.9. The predicted molar refractivity (Wildman–Crippen MR) is 77.8 cm³/mol. The van der Waals surface area contributed by atoms with E-state index in [2.05, 4.69) is 11.9 Å². The molecule has 1 aromatic heterocycles. The van der Waals surface area contributed by atoms with Crippen LogP contribution in [-0.4, -0.2) is 18.5 Å². The van der Waals surface area contributed by atoms with Crippen LogP contribution >= 0.6 is 11.3 Å². The molecule has 1 rings (SSSR count). The number of amides is 1. The molecule has 0 aromatic carbocycles. The molecule has 0 saturated heterocycles. The van der Waals surface area contributed by atoms with Gasteiger partial charge >= 0.3 is 5.97 Å². The number of ether oxygens (including phenoxy) is 1. The third-order valence-electron chi connectivity index (χ3n) is 2.69. The molecule has 4 nitrogen and oxygen atoms in total. The highest BCUT2D eigenvalue weighted by atomic mass is 32.1. The lowest BCUT2D eigenvalue weighted by Gasteiger charge is -2.06. The van der Waals surface area contributed by atoms with E-state index < -0.39 is 0 Å². The number of rotatable bonds is 6. The number of aryl methyl sites for hydroxylation is 1. The minimum Gasteiger partial charge on any atom is -0.462 e. The van der Waals surface area contributed by atoms with Gasteiger partial charge in [0, 0.05) is 11.3 Å². The minimum atomic E-state index is -0.386. The van der Waals surface area contributed by atoms with E-state index in [9.17, 15) is 9.59 Å². The molecule has 0 fully saturated rings. The summed E-state index contributed by atoms with van der Waals surface area (Å²) in [6.07, 6.45) is 2.67.